The van der Waals surface area contributed by atoms with Crippen molar-refractivity contribution in [2.45, 2.75) is 0 Å². The average molecular weight is 345 g/mol. The molecule has 0 fully saturated rings. The third-order valence-electron chi connectivity index (χ3n) is 3.22. The number of methoxy groups -OCH3 is 1. The van der Waals surface area contributed by atoms with E-state index in [1.54, 1.807) is 18.2 Å². The molecule has 7 nitrogen and oxygen atoms in total. The van der Waals surface area contributed by atoms with Gasteiger partial charge in [-0.25, -0.2) is 0 Å². The Hall–Kier alpha value is -3.24. The van der Waals surface area contributed by atoms with Crippen LogP contribution in [0.25, 0.3) is 11.1 Å². The number of nitrogens with zero attached hydrogens (tertiary/aromatic N) is 1. The fourth-order valence-corrected chi connectivity index (χ4v) is 2.54. The molecule has 0 radical (unpaired) electrons. The van der Waals surface area contributed by atoms with Gasteiger partial charge in [-0.15, -0.1) is 0 Å². The number of halogens is 1. The Morgan fingerprint density at radius 1 is 1.42 bits per heavy atom. The number of nitrogens with two attached hydrogens (primary N) is 1. The number of aromatic hydroxyl groups is 1. The number of rotatable bonds is 3. The number of nitriles is 1. The molecule has 0 bridgehead atoms. The molecular weight excluding hydrogens is 332 g/mol. The predicted molar refractivity (Wildman–Crippen MR) is 89.2 cm³/mol. The van der Waals surface area contributed by atoms with Crippen LogP contribution in [0.3, 0.4) is 0 Å². The van der Waals surface area contributed by atoms with Crippen molar-refractivity contribution in [2.75, 3.05) is 7.11 Å². The fourth-order valence-electron chi connectivity index (χ4n) is 2.29. The highest BCUT2D eigenvalue weighted by Crippen LogP contribution is 2.41. The number of guanidine groups is 1. The van der Waals surface area contributed by atoms with Crippen molar-refractivity contribution in [3.05, 3.63) is 46.5 Å². The van der Waals surface area contributed by atoms with Crippen molar-refractivity contribution in [1.29, 1.82) is 10.7 Å². The Morgan fingerprint density at radius 3 is 2.71 bits per heavy atom. The highest BCUT2D eigenvalue weighted by molar-refractivity contribution is 6.32. The molecule has 122 valence electrons. The fraction of sp³-hybridized carbons (Fsp3) is 0.0625. The number of benzene rings is 2. The number of carbonyl (C=O) groups excluding carboxylic acids is 1. The lowest BCUT2D eigenvalue weighted by molar-refractivity contribution is 0.0974. The van der Waals surface area contributed by atoms with E-state index in [4.69, 9.17) is 27.5 Å². The van der Waals surface area contributed by atoms with E-state index < -0.39 is 11.9 Å². The molecule has 0 aliphatic rings. The minimum absolute atomic E-state index is 0.127. The van der Waals surface area contributed by atoms with E-state index in [0.717, 1.165) is 0 Å². The van der Waals surface area contributed by atoms with Crippen molar-refractivity contribution < 1.29 is 14.6 Å². The van der Waals surface area contributed by atoms with Crippen molar-refractivity contribution in [3.63, 3.8) is 0 Å². The standard InChI is InChI=1S/C16H13ClN4O3/c1-24-14-9(3-2-4-10(14)17)12-8(7-18)5-6-11(22)13(12)15(23)21-16(19)20/h2-6,22H,1H3,(H4,19,20,21,23). The van der Waals surface area contributed by atoms with Gasteiger partial charge in [0, 0.05) is 11.1 Å². The normalized spacial score (nSPS) is 9.88. The summed E-state index contributed by atoms with van der Waals surface area (Å²) in [6.07, 6.45) is 0. The first-order valence-corrected chi connectivity index (χ1v) is 7.02. The largest absolute Gasteiger partial charge is 0.507 e. The molecule has 1 amide bonds. The van der Waals surface area contributed by atoms with Gasteiger partial charge in [0.2, 0.25) is 0 Å². The number of ether oxygens (including phenoxy) is 1. The number of carbonyl (C=O) groups is 1. The van der Waals surface area contributed by atoms with E-state index in [1.807, 2.05) is 6.07 Å². The monoisotopic (exact) mass is 344 g/mol. The van der Waals surface area contributed by atoms with E-state index >= 15 is 0 Å². The molecule has 5 N–H and O–H groups in total. The lowest BCUT2D eigenvalue weighted by atomic mass is 9.93. The van der Waals surface area contributed by atoms with Crippen LogP contribution in [-0.2, 0) is 0 Å². The second kappa shape index (κ2) is 6.89. The maximum atomic E-state index is 12.3. The SMILES string of the molecule is COc1c(Cl)cccc1-c1c(C#N)ccc(O)c1C(=O)NC(=N)N. The highest BCUT2D eigenvalue weighted by atomic mass is 35.5. The van der Waals surface area contributed by atoms with E-state index in [9.17, 15) is 15.2 Å². The number of hydrogen-bond donors (Lipinski definition) is 4. The first kappa shape index (κ1) is 17.1. The van der Waals surface area contributed by atoms with Crippen LogP contribution in [-0.4, -0.2) is 24.1 Å². The molecule has 0 unspecified atom stereocenters. The summed E-state index contributed by atoms with van der Waals surface area (Å²) in [5.74, 6) is -1.54. The molecule has 0 aromatic heterocycles. The summed E-state index contributed by atoms with van der Waals surface area (Å²) in [4.78, 5) is 12.3. The van der Waals surface area contributed by atoms with Crippen LogP contribution in [0.1, 0.15) is 15.9 Å². The van der Waals surface area contributed by atoms with Gasteiger partial charge >= 0.3 is 0 Å². The summed E-state index contributed by atoms with van der Waals surface area (Å²) in [6, 6.07) is 9.37. The van der Waals surface area contributed by atoms with Gasteiger partial charge in [0.15, 0.2) is 5.96 Å². The molecule has 2 aromatic rings. The summed E-state index contributed by atoms with van der Waals surface area (Å²) >= 11 is 6.11. The maximum absolute atomic E-state index is 12.3. The van der Waals surface area contributed by atoms with Gasteiger partial charge in [-0.2, -0.15) is 5.26 Å². The summed E-state index contributed by atoms with van der Waals surface area (Å²) in [5.41, 5.74) is 5.59. The smallest absolute Gasteiger partial charge is 0.262 e. The predicted octanol–water partition coefficient (Wildman–Crippen LogP) is 2.22. The van der Waals surface area contributed by atoms with Gasteiger partial charge < -0.3 is 15.6 Å². The summed E-state index contributed by atoms with van der Waals surface area (Å²) < 4.78 is 5.26. The number of phenolic OH excluding ortho intramolecular Hbond substituents is 1. The quantitative estimate of drug-likeness (QED) is 0.500. The number of hydrogen-bond acceptors (Lipinski definition) is 5. The minimum atomic E-state index is -0.825. The van der Waals surface area contributed by atoms with E-state index in [1.165, 1.54) is 19.2 Å². The molecule has 0 saturated heterocycles. The summed E-state index contributed by atoms with van der Waals surface area (Å²) in [5, 5.41) is 29.1. The van der Waals surface area contributed by atoms with Gasteiger partial charge in [-0.1, -0.05) is 23.7 Å². The van der Waals surface area contributed by atoms with Crippen LogP contribution < -0.4 is 15.8 Å². The second-order valence-corrected chi connectivity index (χ2v) is 5.09. The van der Waals surface area contributed by atoms with Gasteiger partial charge in [0.1, 0.15) is 11.5 Å². The summed E-state index contributed by atoms with van der Waals surface area (Å²) in [6.45, 7) is 0. The maximum Gasteiger partial charge on any atom is 0.262 e. The third kappa shape index (κ3) is 3.09. The molecule has 0 aliphatic heterocycles. The minimum Gasteiger partial charge on any atom is -0.507 e. The Morgan fingerprint density at radius 2 is 2.12 bits per heavy atom. The molecule has 8 heteroatoms. The van der Waals surface area contributed by atoms with Gasteiger partial charge in [-0.05, 0) is 18.2 Å². The van der Waals surface area contributed by atoms with E-state index in [0.29, 0.717) is 5.56 Å². The molecule has 0 saturated carbocycles. The number of phenols is 1. The Labute approximate surface area is 142 Å². The van der Waals surface area contributed by atoms with Gasteiger partial charge in [0.05, 0.1) is 29.3 Å². The average Bonchev–Trinajstić information content (AvgIpc) is 2.53. The molecular formula is C16H13ClN4O3. The zero-order valence-electron chi connectivity index (χ0n) is 12.6. The van der Waals surface area contributed by atoms with Crippen LogP contribution in [0.15, 0.2) is 30.3 Å². The molecule has 2 rings (SSSR count). The molecule has 2 aromatic carbocycles. The van der Waals surface area contributed by atoms with Gasteiger partial charge in [-0.3, -0.25) is 15.5 Å². The summed E-state index contributed by atoms with van der Waals surface area (Å²) in [7, 11) is 1.40. The Bertz CT molecular complexity index is 874. The molecule has 0 spiro atoms. The van der Waals surface area contributed by atoms with Crippen LogP contribution in [0.2, 0.25) is 5.02 Å². The van der Waals surface area contributed by atoms with E-state index in [-0.39, 0.29) is 33.2 Å². The van der Waals surface area contributed by atoms with Crippen LogP contribution in [0.5, 0.6) is 11.5 Å². The van der Waals surface area contributed by atoms with E-state index in [2.05, 4.69) is 5.32 Å². The number of para-hydroxylation sites is 1. The molecule has 0 atom stereocenters. The first-order valence-electron chi connectivity index (χ1n) is 6.65. The van der Waals surface area contributed by atoms with Crippen molar-refractivity contribution in [1.82, 2.24) is 5.32 Å². The molecule has 0 heterocycles. The first-order chi connectivity index (χ1) is 11.4. The Kier molecular flexibility index (Phi) is 4.92. The number of amides is 1. The van der Waals surface area contributed by atoms with Crippen LogP contribution >= 0.6 is 11.6 Å². The second-order valence-electron chi connectivity index (χ2n) is 4.68. The molecule has 0 aliphatic carbocycles. The van der Waals surface area contributed by atoms with Crippen molar-refractivity contribution in [3.8, 4) is 28.7 Å². The lowest BCUT2D eigenvalue weighted by Crippen LogP contribution is -2.36. The molecule has 24 heavy (non-hydrogen) atoms. The lowest BCUT2D eigenvalue weighted by Gasteiger charge is -2.16. The van der Waals surface area contributed by atoms with Crippen LogP contribution in [0.4, 0.5) is 0 Å². The van der Waals surface area contributed by atoms with Crippen molar-refractivity contribution in [2.24, 2.45) is 5.73 Å². The zero-order chi connectivity index (χ0) is 17.9. The highest BCUT2D eigenvalue weighted by Gasteiger charge is 2.24. The van der Waals surface area contributed by atoms with Crippen LogP contribution in [0, 0.1) is 16.7 Å². The third-order valence-corrected chi connectivity index (χ3v) is 3.52. The Balaban J connectivity index is 2.85. The zero-order valence-corrected chi connectivity index (χ0v) is 13.3. The van der Waals surface area contributed by atoms with Gasteiger partial charge in [0.25, 0.3) is 5.91 Å². The topological polar surface area (TPSA) is 132 Å². The van der Waals surface area contributed by atoms with Crippen molar-refractivity contribution >= 4 is 23.5 Å². The number of nitrogens with one attached hydrogen (secondary N) is 2.